The first kappa shape index (κ1) is 30.8. The third-order valence-electron chi connectivity index (χ3n) is 5.95. The molecule has 1 rings (SSSR count). The van der Waals surface area contributed by atoms with E-state index in [1.807, 2.05) is 13.8 Å². The third-order valence-corrected chi connectivity index (χ3v) is 5.95. The SMILES string of the molecule is CCC(C)C(N)C(=O)NC(Cc1ccc(O)cc1)C(=O)NC(CCCCN)C(=O)NC(CO)C(=O)O. The molecule has 0 spiro atoms. The number of aromatic hydroxyl groups is 1. The Hall–Kier alpha value is -3.22. The van der Waals surface area contributed by atoms with E-state index < -0.39 is 54.5 Å². The van der Waals surface area contributed by atoms with Crippen molar-refractivity contribution in [1.82, 2.24) is 16.0 Å². The number of hydrogen-bond acceptors (Lipinski definition) is 8. The molecule has 5 unspecified atom stereocenters. The van der Waals surface area contributed by atoms with Crippen LogP contribution in [0.15, 0.2) is 24.3 Å². The minimum Gasteiger partial charge on any atom is -0.508 e. The molecule has 0 aromatic heterocycles. The molecule has 0 saturated heterocycles. The Labute approximate surface area is 210 Å². The molecule has 1 aromatic carbocycles. The molecule has 10 N–H and O–H groups in total. The summed E-state index contributed by atoms with van der Waals surface area (Å²) in [5.41, 5.74) is 12.2. The Bertz CT molecular complexity index is 865. The molecule has 0 aliphatic carbocycles. The lowest BCUT2D eigenvalue weighted by Crippen LogP contribution is -2.58. The largest absolute Gasteiger partial charge is 0.508 e. The zero-order valence-electron chi connectivity index (χ0n) is 20.8. The zero-order valence-corrected chi connectivity index (χ0v) is 20.8. The fraction of sp³-hybridized carbons (Fsp3) is 0.583. The number of hydrogen-bond donors (Lipinski definition) is 8. The average molecular weight is 510 g/mol. The highest BCUT2D eigenvalue weighted by Gasteiger charge is 2.31. The minimum atomic E-state index is -1.53. The molecule has 0 bridgehead atoms. The summed E-state index contributed by atoms with van der Waals surface area (Å²) in [6, 6.07) is 1.47. The van der Waals surface area contributed by atoms with E-state index >= 15 is 0 Å². The number of carboxylic acid groups (broad SMARTS) is 1. The molecule has 5 atom stereocenters. The molecule has 202 valence electrons. The van der Waals surface area contributed by atoms with Gasteiger partial charge in [0.25, 0.3) is 0 Å². The van der Waals surface area contributed by atoms with Crippen LogP contribution >= 0.6 is 0 Å². The predicted octanol–water partition coefficient (Wildman–Crippen LogP) is -1.03. The van der Waals surface area contributed by atoms with Gasteiger partial charge in [0.15, 0.2) is 0 Å². The van der Waals surface area contributed by atoms with E-state index in [0.717, 1.165) is 0 Å². The highest BCUT2D eigenvalue weighted by molar-refractivity contribution is 5.94. The van der Waals surface area contributed by atoms with Crippen LogP contribution in [-0.4, -0.2) is 76.3 Å². The van der Waals surface area contributed by atoms with Crippen molar-refractivity contribution in [3.63, 3.8) is 0 Å². The summed E-state index contributed by atoms with van der Waals surface area (Å²) in [5.74, 6) is -3.50. The van der Waals surface area contributed by atoms with E-state index in [9.17, 15) is 29.4 Å². The molecule has 36 heavy (non-hydrogen) atoms. The smallest absolute Gasteiger partial charge is 0.328 e. The number of benzene rings is 1. The van der Waals surface area contributed by atoms with E-state index in [0.29, 0.717) is 31.4 Å². The first-order chi connectivity index (χ1) is 17.0. The Balaban J connectivity index is 3.12. The van der Waals surface area contributed by atoms with Crippen molar-refractivity contribution in [2.75, 3.05) is 13.2 Å². The number of aliphatic hydroxyl groups is 1. The van der Waals surface area contributed by atoms with Gasteiger partial charge in [0.2, 0.25) is 17.7 Å². The summed E-state index contributed by atoms with van der Waals surface area (Å²) in [6.45, 7) is 3.25. The van der Waals surface area contributed by atoms with Crippen LogP contribution in [0.1, 0.15) is 45.1 Å². The Morgan fingerprint density at radius 3 is 2.00 bits per heavy atom. The molecule has 0 radical (unpaired) electrons. The number of amides is 3. The fourth-order valence-corrected chi connectivity index (χ4v) is 3.35. The third kappa shape index (κ3) is 10.2. The van der Waals surface area contributed by atoms with E-state index in [4.69, 9.17) is 16.6 Å². The molecule has 0 aliphatic heterocycles. The number of phenols is 1. The number of carbonyl (C=O) groups is 4. The summed E-state index contributed by atoms with van der Waals surface area (Å²) in [6.07, 6.45) is 1.91. The molecule has 12 heteroatoms. The van der Waals surface area contributed by atoms with Gasteiger partial charge >= 0.3 is 5.97 Å². The van der Waals surface area contributed by atoms with Gasteiger partial charge in [0, 0.05) is 6.42 Å². The van der Waals surface area contributed by atoms with Crippen molar-refractivity contribution in [3.8, 4) is 5.75 Å². The minimum absolute atomic E-state index is 0.0380. The number of carboxylic acids is 1. The van der Waals surface area contributed by atoms with Crippen molar-refractivity contribution in [1.29, 1.82) is 0 Å². The van der Waals surface area contributed by atoms with Gasteiger partial charge in [-0.3, -0.25) is 14.4 Å². The van der Waals surface area contributed by atoms with E-state index in [2.05, 4.69) is 16.0 Å². The quantitative estimate of drug-likeness (QED) is 0.128. The Kier molecular flexibility index (Phi) is 13.4. The maximum absolute atomic E-state index is 13.3. The number of unbranched alkanes of at least 4 members (excludes halogenated alkanes) is 1. The topological polar surface area (TPSA) is 217 Å². The second-order valence-electron chi connectivity index (χ2n) is 8.77. The molecule has 0 aliphatic rings. The first-order valence-corrected chi connectivity index (χ1v) is 12.0. The average Bonchev–Trinajstić information content (AvgIpc) is 2.85. The van der Waals surface area contributed by atoms with Crippen LogP contribution in [0, 0.1) is 5.92 Å². The van der Waals surface area contributed by atoms with Crippen molar-refractivity contribution >= 4 is 23.7 Å². The normalized spacial score (nSPS) is 15.1. The Morgan fingerprint density at radius 2 is 1.47 bits per heavy atom. The number of nitrogens with one attached hydrogen (secondary N) is 3. The first-order valence-electron chi connectivity index (χ1n) is 12.0. The lowest BCUT2D eigenvalue weighted by atomic mass is 9.98. The van der Waals surface area contributed by atoms with Gasteiger partial charge in [0.05, 0.1) is 12.6 Å². The maximum atomic E-state index is 13.3. The van der Waals surface area contributed by atoms with Gasteiger partial charge in [0.1, 0.15) is 23.9 Å². The highest BCUT2D eigenvalue weighted by Crippen LogP contribution is 2.13. The fourth-order valence-electron chi connectivity index (χ4n) is 3.35. The number of aliphatic hydroxyl groups excluding tert-OH is 1. The van der Waals surface area contributed by atoms with Gasteiger partial charge in [-0.15, -0.1) is 0 Å². The van der Waals surface area contributed by atoms with Crippen LogP contribution in [0.3, 0.4) is 0 Å². The summed E-state index contributed by atoms with van der Waals surface area (Å²) < 4.78 is 0. The lowest BCUT2D eigenvalue weighted by molar-refractivity contribution is -0.143. The molecule has 12 nitrogen and oxygen atoms in total. The molecule has 0 saturated carbocycles. The summed E-state index contributed by atoms with van der Waals surface area (Å²) in [5, 5.41) is 35.4. The van der Waals surface area contributed by atoms with Crippen molar-refractivity contribution in [2.24, 2.45) is 17.4 Å². The number of rotatable bonds is 16. The van der Waals surface area contributed by atoms with Crippen LogP contribution in [0.25, 0.3) is 0 Å². The highest BCUT2D eigenvalue weighted by atomic mass is 16.4. The zero-order chi connectivity index (χ0) is 27.3. The van der Waals surface area contributed by atoms with Crippen molar-refractivity contribution in [2.45, 2.75) is 70.1 Å². The van der Waals surface area contributed by atoms with Crippen LogP contribution < -0.4 is 27.4 Å². The van der Waals surface area contributed by atoms with E-state index in [1.165, 1.54) is 12.1 Å². The van der Waals surface area contributed by atoms with Gasteiger partial charge in [-0.2, -0.15) is 0 Å². The van der Waals surface area contributed by atoms with Crippen molar-refractivity contribution in [3.05, 3.63) is 29.8 Å². The number of aliphatic carboxylic acids is 1. The summed E-state index contributed by atoms with van der Waals surface area (Å²) >= 11 is 0. The second-order valence-corrected chi connectivity index (χ2v) is 8.77. The molecule has 0 fully saturated rings. The summed E-state index contributed by atoms with van der Waals surface area (Å²) in [4.78, 5) is 50.0. The second kappa shape index (κ2) is 15.7. The summed E-state index contributed by atoms with van der Waals surface area (Å²) in [7, 11) is 0. The predicted molar refractivity (Wildman–Crippen MR) is 133 cm³/mol. The van der Waals surface area contributed by atoms with Gasteiger partial charge in [-0.25, -0.2) is 4.79 Å². The number of carbonyl (C=O) groups excluding carboxylic acids is 3. The van der Waals surface area contributed by atoms with E-state index in [-0.39, 0.29) is 24.5 Å². The standard InChI is InChI=1S/C24H39N5O7/c1-3-14(2)20(26)23(34)28-18(12-15-7-9-16(31)10-8-15)22(33)27-17(6-4-5-11-25)21(32)29-19(13-30)24(35)36/h7-10,14,17-20,30-31H,3-6,11-13,25-26H2,1-2H3,(H,27,33)(H,28,34)(H,29,32)(H,35,36). The number of phenolic OH excluding ortho intramolecular Hbond substituents is 1. The van der Waals surface area contributed by atoms with Gasteiger partial charge in [-0.1, -0.05) is 32.4 Å². The molecular weight excluding hydrogens is 470 g/mol. The van der Waals surface area contributed by atoms with Crippen LogP contribution in [0.2, 0.25) is 0 Å². The van der Waals surface area contributed by atoms with Gasteiger partial charge < -0.3 is 42.7 Å². The maximum Gasteiger partial charge on any atom is 0.328 e. The Morgan fingerprint density at radius 1 is 0.917 bits per heavy atom. The van der Waals surface area contributed by atoms with Crippen LogP contribution in [0.4, 0.5) is 0 Å². The van der Waals surface area contributed by atoms with E-state index in [1.54, 1.807) is 12.1 Å². The molecule has 0 heterocycles. The van der Waals surface area contributed by atoms with Gasteiger partial charge in [-0.05, 0) is 49.4 Å². The lowest BCUT2D eigenvalue weighted by Gasteiger charge is -2.26. The monoisotopic (exact) mass is 509 g/mol. The molecular formula is C24H39N5O7. The molecule has 3 amide bonds. The van der Waals surface area contributed by atoms with Crippen LogP contribution in [-0.2, 0) is 25.6 Å². The van der Waals surface area contributed by atoms with Crippen LogP contribution in [0.5, 0.6) is 5.75 Å². The van der Waals surface area contributed by atoms with Crippen molar-refractivity contribution < 1.29 is 34.5 Å². The number of nitrogens with two attached hydrogens (primary N) is 2. The molecule has 1 aromatic rings.